The first-order valence-electron chi connectivity index (χ1n) is 9.72. The van der Waals surface area contributed by atoms with Gasteiger partial charge < -0.3 is 15.8 Å². The largest absolute Gasteiger partial charge is 0.496 e. The molecular formula is C21H27N3O2S. The molecule has 2 aromatic rings. The van der Waals surface area contributed by atoms with Crippen molar-refractivity contribution in [3.8, 4) is 17.0 Å². The molecule has 1 amide bonds. The summed E-state index contributed by atoms with van der Waals surface area (Å²) in [7, 11) is 1.66. The van der Waals surface area contributed by atoms with Gasteiger partial charge in [-0.3, -0.25) is 4.79 Å². The minimum atomic E-state index is 0.0564. The molecule has 1 heterocycles. The number of carbonyl (C=O) groups excluding carboxylic acids is 1. The van der Waals surface area contributed by atoms with Crippen LogP contribution in [0.5, 0.6) is 5.75 Å². The number of fused-ring (bicyclic) bond motifs is 2. The lowest BCUT2D eigenvalue weighted by Crippen LogP contribution is -2.48. The number of anilines is 1. The molecule has 2 atom stereocenters. The average Bonchev–Trinajstić information content (AvgIpc) is 3.09. The fourth-order valence-electron chi connectivity index (χ4n) is 4.69. The van der Waals surface area contributed by atoms with Crippen LogP contribution in [0.2, 0.25) is 0 Å². The van der Waals surface area contributed by atoms with Crippen LogP contribution >= 0.6 is 11.3 Å². The van der Waals surface area contributed by atoms with Crippen LogP contribution in [0, 0.1) is 24.7 Å². The maximum atomic E-state index is 12.8. The van der Waals surface area contributed by atoms with Gasteiger partial charge in [0.25, 0.3) is 0 Å². The van der Waals surface area contributed by atoms with Crippen molar-refractivity contribution in [1.82, 2.24) is 4.98 Å². The summed E-state index contributed by atoms with van der Waals surface area (Å²) in [6.07, 6.45) is 5.40. The van der Waals surface area contributed by atoms with E-state index in [4.69, 9.17) is 10.5 Å². The third-order valence-electron chi connectivity index (χ3n) is 6.15. The predicted molar refractivity (Wildman–Crippen MR) is 109 cm³/mol. The molecule has 0 spiro atoms. The Morgan fingerprint density at radius 3 is 2.74 bits per heavy atom. The molecule has 3 N–H and O–H groups in total. The number of amides is 1. The van der Waals surface area contributed by atoms with E-state index in [1.807, 2.05) is 24.4 Å². The topological polar surface area (TPSA) is 77.2 Å². The number of hydrogen-bond acceptors (Lipinski definition) is 5. The van der Waals surface area contributed by atoms with Gasteiger partial charge in [0.2, 0.25) is 5.91 Å². The van der Waals surface area contributed by atoms with E-state index in [1.54, 1.807) is 7.11 Å². The van der Waals surface area contributed by atoms with Crippen molar-refractivity contribution < 1.29 is 9.53 Å². The zero-order valence-electron chi connectivity index (χ0n) is 15.9. The Bertz CT molecular complexity index is 821. The molecule has 4 rings (SSSR count). The summed E-state index contributed by atoms with van der Waals surface area (Å²) in [4.78, 5) is 17.5. The van der Waals surface area contributed by atoms with E-state index >= 15 is 0 Å². The summed E-state index contributed by atoms with van der Waals surface area (Å²) in [5, 5.41) is 5.67. The van der Waals surface area contributed by atoms with E-state index in [9.17, 15) is 4.79 Å². The highest BCUT2D eigenvalue weighted by Gasteiger charge is 2.40. The number of nitrogens with one attached hydrogen (secondary N) is 1. The second-order valence-corrected chi connectivity index (χ2v) is 8.79. The van der Waals surface area contributed by atoms with Crippen molar-refractivity contribution >= 4 is 22.4 Å². The molecule has 0 saturated heterocycles. The maximum absolute atomic E-state index is 12.8. The van der Waals surface area contributed by atoms with E-state index in [1.165, 1.54) is 17.8 Å². The van der Waals surface area contributed by atoms with E-state index in [0.717, 1.165) is 48.3 Å². The fourth-order valence-corrected chi connectivity index (χ4v) is 5.40. The van der Waals surface area contributed by atoms with Crippen LogP contribution in [0.15, 0.2) is 23.6 Å². The monoisotopic (exact) mass is 385 g/mol. The first-order chi connectivity index (χ1) is 13.0. The lowest BCUT2D eigenvalue weighted by atomic mass is 9.65. The van der Waals surface area contributed by atoms with Crippen molar-refractivity contribution in [2.75, 3.05) is 12.4 Å². The van der Waals surface area contributed by atoms with Gasteiger partial charge in [0.05, 0.1) is 12.8 Å². The third-order valence-corrected chi connectivity index (χ3v) is 6.91. The number of ether oxygens (including phenoxy) is 1. The van der Waals surface area contributed by atoms with Crippen molar-refractivity contribution in [2.45, 2.75) is 45.1 Å². The van der Waals surface area contributed by atoms with E-state index in [-0.39, 0.29) is 17.9 Å². The van der Waals surface area contributed by atoms with E-state index in [2.05, 4.69) is 16.4 Å². The molecule has 2 aliphatic carbocycles. The summed E-state index contributed by atoms with van der Waals surface area (Å²) in [6, 6.07) is 6.31. The molecule has 1 aromatic carbocycles. The Morgan fingerprint density at radius 1 is 1.30 bits per heavy atom. The second kappa shape index (κ2) is 7.60. The van der Waals surface area contributed by atoms with Crippen LogP contribution in [0.25, 0.3) is 11.3 Å². The standard InChI is InChI=1S/C21H27N3O2S/c1-12-6-7-18(26-2)16(8-12)17-11-27-21(23-17)24-20(25)15-9-13-4-3-5-14(10-15)19(13)22/h6-8,11,13-15,19H,3-5,9-10,22H2,1-2H3,(H,23,24,25). The predicted octanol–water partition coefficient (Wildman–Crippen LogP) is 4.22. The smallest absolute Gasteiger partial charge is 0.229 e. The Morgan fingerprint density at radius 2 is 2.04 bits per heavy atom. The molecule has 2 unspecified atom stereocenters. The summed E-state index contributed by atoms with van der Waals surface area (Å²) in [6.45, 7) is 2.04. The highest BCUT2D eigenvalue weighted by molar-refractivity contribution is 7.14. The number of benzene rings is 1. The van der Waals surface area contributed by atoms with Gasteiger partial charge in [-0.1, -0.05) is 18.1 Å². The zero-order valence-corrected chi connectivity index (χ0v) is 16.7. The number of methoxy groups -OCH3 is 1. The maximum Gasteiger partial charge on any atom is 0.229 e. The quantitative estimate of drug-likeness (QED) is 0.826. The molecule has 2 aliphatic rings. The molecule has 6 heteroatoms. The molecule has 2 fully saturated rings. The summed E-state index contributed by atoms with van der Waals surface area (Å²) >= 11 is 1.46. The molecule has 27 heavy (non-hydrogen) atoms. The number of carbonyl (C=O) groups is 1. The molecule has 2 bridgehead atoms. The van der Waals surface area contributed by atoms with E-state index in [0.29, 0.717) is 17.0 Å². The summed E-state index contributed by atoms with van der Waals surface area (Å²) < 4.78 is 5.46. The highest BCUT2D eigenvalue weighted by Crippen LogP contribution is 2.42. The van der Waals surface area contributed by atoms with Gasteiger partial charge in [0, 0.05) is 22.9 Å². The molecule has 5 nitrogen and oxygen atoms in total. The van der Waals surface area contributed by atoms with Crippen molar-refractivity contribution in [3.63, 3.8) is 0 Å². The van der Waals surface area contributed by atoms with E-state index < -0.39 is 0 Å². The number of aromatic nitrogens is 1. The summed E-state index contributed by atoms with van der Waals surface area (Å²) in [5.41, 5.74) is 9.28. The Kier molecular flexibility index (Phi) is 5.19. The molecule has 0 radical (unpaired) electrons. The first-order valence-corrected chi connectivity index (χ1v) is 10.6. The second-order valence-electron chi connectivity index (χ2n) is 7.93. The minimum Gasteiger partial charge on any atom is -0.496 e. The normalized spacial score (nSPS) is 27.2. The zero-order chi connectivity index (χ0) is 19.0. The van der Waals surface area contributed by atoms with Crippen LogP contribution in [0.1, 0.15) is 37.7 Å². The lowest BCUT2D eigenvalue weighted by molar-refractivity contribution is -0.122. The van der Waals surface area contributed by atoms with Gasteiger partial charge in [-0.05, 0) is 56.6 Å². The van der Waals surface area contributed by atoms with Crippen LogP contribution < -0.4 is 15.8 Å². The van der Waals surface area contributed by atoms with Gasteiger partial charge in [-0.15, -0.1) is 11.3 Å². The van der Waals surface area contributed by atoms with Gasteiger partial charge in [-0.25, -0.2) is 4.98 Å². The number of nitrogens with zero attached hydrogens (tertiary/aromatic N) is 1. The Labute approximate surface area is 164 Å². The lowest BCUT2D eigenvalue weighted by Gasteiger charge is -2.43. The minimum absolute atomic E-state index is 0.0564. The van der Waals surface area contributed by atoms with Crippen LogP contribution in [-0.2, 0) is 4.79 Å². The van der Waals surface area contributed by atoms with Crippen molar-refractivity contribution in [3.05, 3.63) is 29.1 Å². The van der Waals surface area contributed by atoms with Crippen molar-refractivity contribution in [1.29, 1.82) is 0 Å². The van der Waals surface area contributed by atoms with Gasteiger partial charge in [-0.2, -0.15) is 0 Å². The molecule has 1 aromatic heterocycles. The third kappa shape index (κ3) is 3.73. The number of hydrogen-bond donors (Lipinski definition) is 2. The Balaban J connectivity index is 1.47. The van der Waals surface area contributed by atoms with Crippen LogP contribution in [0.4, 0.5) is 5.13 Å². The van der Waals surface area contributed by atoms with Gasteiger partial charge in [0.1, 0.15) is 5.75 Å². The highest BCUT2D eigenvalue weighted by atomic mass is 32.1. The Hall–Kier alpha value is -1.92. The first kappa shape index (κ1) is 18.4. The molecule has 2 saturated carbocycles. The molecule has 0 aliphatic heterocycles. The molecular weight excluding hydrogens is 358 g/mol. The number of thiazole rings is 1. The number of nitrogens with two attached hydrogens (primary N) is 1. The number of aryl methyl sites for hydroxylation is 1. The van der Waals surface area contributed by atoms with Gasteiger partial charge >= 0.3 is 0 Å². The molecule has 144 valence electrons. The van der Waals surface area contributed by atoms with Crippen LogP contribution in [-0.4, -0.2) is 24.0 Å². The van der Waals surface area contributed by atoms with Crippen LogP contribution in [0.3, 0.4) is 0 Å². The SMILES string of the molecule is COc1ccc(C)cc1-c1csc(NC(=O)C2CC3CCCC(C2)C3N)n1. The fraction of sp³-hybridized carbons (Fsp3) is 0.524. The van der Waals surface area contributed by atoms with Crippen molar-refractivity contribution in [2.24, 2.45) is 23.5 Å². The summed E-state index contributed by atoms with van der Waals surface area (Å²) in [5.74, 6) is 1.93. The average molecular weight is 386 g/mol. The van der Waals surface area contributed by atoms with Gasteiger partial charge in [0.15, 0.2) is 5.13 Å². The number of rotatable bonds is 4.